The van der Waals surface area contributed by atoms with Gasteiger partial charge in [-0.1, -0.05) is 29.8 Å². The molecule has 0 unspecified atom stereocenters. The molecule has 1 aliphatic rings. The average Bonchev–Trinajstić information content (AvgIpc) is 2.91. The van der Waals surface area contributed by atoms with E-state index in [4.69, 9.17) is 0 Å². The van der Waals surface area contributed by atoms with E-state index in [0.29, 0.717) is 11.1 Å². The Balaban J connectivity index is 1.59. The predicted molar refractivity (Wildman–Crippen MR) is 103 cm³/mol. The number of nitrogens with one attached hydrogen (secondary N) is 1. The van der Waals surface area contributed by atoms with E-state index in [9.17, 15) is 18.8 Å². The van der Waals surface area contributed by atoms with Gasteiger partial charge < -0.3 is 5.32 Å². The van der Waals surface area contributed by atoms with Crippen molar-refractivity contribution in [2.24, 2.45) is 0 Å². The monoisotopic (exact) mass is 384 g/mol. The van der Waals surface area contributed by atoms with Crippen LogP contribution in [0.15, 0.2) is 53.4 Å². The largest absolute Gasteiger partial charge is 0.350 e. The number of halogens is 1. The van der Waals surface area contributed by atoms with E-state index in [1.54, 1.807) is 24.3 Å². The minimum Gasteiger partial charge on any atom is -0.350 e. The van der Waals surface area contributed by atoms with Crippen molar-refractivity contribution < 1.29 is 18.8 Å². The van der Waals surface area contributed by atoms with Gasteiger partial charge in [-0.05, 0) is 54.6 Å². The van der Waals surface area contributed by atoms with E-state index < -0.39 is 11.1 Å². The van der Waals surface area contributed by atoms with Crippen molar-refractivity contribution in [1.29, 1.82) is 0 Å². The number of rotatable bonds is 5. The van der Waals surface area contributed by atoms with Crippen LogP contribution in [0.3, 0.4) is 0 Å². The molecule has 3 amide bonds. The van der Waals surface area contributed by atoms with Crippen molar-refractivity contribution in [2.45, 2.75) is 6.92 Å². The Labute approximate surface area is 160 Å². The molecule has 0 atom stereocenters. The second-order valence-electron chi connectivity index (χ2n) is 6.01. The number of thioether (sulfide) groups is 1. The molecule has 1 aliphatic heterocycles. The summed E-state index contributed by atoms with van der Waals surface area (Å²) < 4.78 is 13.0. The van der Waals surface area contributed by atoms with Crippen LogP contribution in [0, 0.1) is 12.7 Å². The molecule has 1 saturated heterocycles. The van der Waals surface area contributed by atoms with Crippen molar-refractivity contribution in [3.63, 3.8) is 0 Å². The van der Waals surface area contributed by atoms with Gasteiger partial charge in [-0.15, -0.1) is 0 Å². The van der Waals surface area contributed by atoms with Gasteiger partial charge in [0.1, 0.15) is 5.82 Å². The molecule has 3 rings (SSSR count). The summed E-state index contributed by atoms with van der Waals surface area (Å²) in [4.78, 5) is 38.0. The molecule has 1 fully saturated rings. The first-order valence-electron chi connectivity index (χ1n) is 8.30. The molecule has 0 radical (unpaired) electrons. The lowest BCUT2D eigenvalue weighted by Crippen LogP contribution is -2.37. The van der Waals surface area contributed by atoms with E-state index in [-0.39, 0.29) is 29.7 Å². The number of carbonyl (C=O) groups excluding carboxylic acids is 3. The lowest BCUT2D eigenvalue weighted by Gasteiger charge is -2.13. The van der Waals surface area contributed by atoms with Gasteiger partial charge in [-0.25, -0.2) is 4.39 Å². The average molecular weight is 384 g/mol. The number of imide groups is 1. The maximum Gasteiger partial charge on any atom is 0.293 e. The summed E-state index contributed by atoms with van der Waals surface area (Å²) in [6, 6.07) is 12.8. The summed E-state index contributed by atoms with van der Waals surface area (Å²) >= 11 is 0.830. The predicted octanol–water partition coefficient (Wildman–Crippen LogP) is 3.60. The highest BCUT2D eigenvalue weighted by atomic mass is 32.2. The fraction of sp³-hybridized carbons (Fsp3) is 0.150. The topological polar surface area (TPSA) is 66.5 Å². The molecule has 138 valence electrons. The third-order valence-electron chi connectivity index (χ3n) is 3.94. The molecule has 7 heteroatoms. The summed E-state index contributed by atoms with van der Waals surface area (Å²) in [5, 5.41) is 2.32. The molecule has 1 N–H and O–H groups in total. The maximum absolute atomic E-state index is 13.0. The normalized spacial score (nSPS) is 15.5. The van der Waals surface area contributed by atoms with Crippen LogP contribution in [-0.2, 0) is 4.79 Å². The molecule has 2 aromatic carbocycles. The fourth-order valence-electron chi connectivity index (χ4n) is 2.57. The number of hydrogen-bond acceptors (Lipinski definition) is 4. The summed E-state index contributed by atoms with van der Waals surface area (Å²) in [6.45, 7) is 2.14. The molecule has 0 aliphatic carbocycles. The van der Waals surface area contributed by atoms with Gasteiger partial charge in [0.05, 0.1) is 4.91 Å². The molecule has 27 heavy (non-hydrogen) atoms. The lowest BCUT2D eigenvalue weighted by atomic mass is 10.1. The highest BCUT2D eigenvalue weighted by Crippen LogP contribution is 2.31. The second kappa shape index (κ2) is 8.18. The first kappa shape index (κ1) is 18.8. The smallest absolute Gasteiger partial charge is 0.293 e. The number of amides is 3. The van der Waals surface area contributed by atoms with Gasteiger partial charge in [-0.2, -0.15) is 0 Å². The van der Waals surface area contributed by atoms with Crippen LogP contribution in [-0.4, -0.2) is 35.0 Å². The van der Waals surface area contributed by atoms with Gasteiger partial charge >= 0.3 is 0 Å². The molecule has 0 saturated carbocycles. The van der Waals surface area contributed by atoms with Crippen LogP contribution >= 0.6 is 11.8 Å². The Morgan fingerprint density at radius 1 is 1.19 bits per heavy atom. The van der Waals surface area contributed by atoms with Crippen LogP contribution in [0.1, 0.15) is 21.5 Å². The minimum absolute atomic E-state index is 0.0863. The zero-order valence-electron chi connectivity index (χ0n) is 14.6. The summed E-state index contributed by atoms with van der Waals surface area (Å²) in [5.74, 6) is -1.05. The maximum atomic E-state index is 13.0. The van der Waals surface area contributed by atoms with Crippen LogP contribution in [0.4, 0.5) is 9.18 Å². The third kappa shape index (κ3) is 4.62. The molecule has 0 aromatic heterocycles. The molecule has 1 heterocycles. The molecule has 0 spiro atoms. The molecule has 2 aromatic rings. The van der Waals surface area contributed by atoms with Gasteiger partial charge in [0.25, 0.3) is 17.1 Å². The van der Waals surface area contributed by atoms with E-state index >= 15 is 0 Å². The van der Waals surface area contributed by atoms with Crippen molar-refractivity contribution in [2.75, 3.05) is 13.1 Å². The minimum atomic E-state index is -0.417. The van der Waals surface area contributed by atoms with E-state index in [1.807, 2.05) is 13.0 Å². The highest BCUT2D eigenvalue weighted by Gasteiger charge is 2.34. The van der Waals surface area contributed by atoms with Crippen molar-refractivity contribution >= 4 is 34.9 Å². The number of carbonyl (C=O) groups is 3. The Morgan fingerprint density at radius 3 is 2.63 bits per heavy atom. The van der Waals surface area contributed by atoms with Crippen LogP contribution in [0.25, 0.3) is 6.08 Å². The van der Waals surface area contributed by atoms with Crippen molar-refractivity contribution in [1.82, 2.24) is 10.2 Å². The number of nitrogens with zero attached hydrogens (tertiary/aromatic N) is 1. The number of aryl methyl sites for hydroxylation is 1. The Bertz CT molecular complexity index is 925. The van der Waals surface area contributed by atoms with E-state index in [2.05, 4.69) is 5.32 Å². The fourth-order valence-corrected chi connectivity index (χ4v) is 3.44. The summed E-state index contributed by atoms with van der Waals surface area (Å²) in [7, 11) is 0. The quantitative estimate of drug-likeness (QED) is 0.800. The van der Waals surface area contributed by atoms with E-state index in [1.165, 1.54) is 24.3 Å². The molecule has 0 bridgehead atoms. The SMILES string of the molecule is Cc1cccc(C(=O)NCCN2C(=O)S/C(=C\c3ccc(F)cc3)C2=O)c1. The molecular formula is C20H17FN2O3S. The van der Waals surface area contributed by atoms with Crippen LogP contribution in [0.2, 0.25) is 0 Å². The standard InChI is InChI=1S/C20H17FN2O3S/c1-13-3-2-4-15(11-13)18(24)22-9-10-23-19(25)17(27-20(23)26)12-14-5-7-16(21)8-6-14/h2-8,11-12H,9-10H2,1H3,(H,22,24)/b17-12-. The van der Waals surface area contributed by atoms with Crippen LogP contribution < -0.4 is 5.32 Å². The zero-order chi connectivity index (χ0) is 19.4. The van der Waals surface area contributed by atoms with Gasteiger partial charge in [0.15, 0.2) is 0 Å². The summed E-state index contributed by atoms with van der Waals surface area (Å²) in [6.07, 6.45) is 1.55. The Kier molecular flexibility index (Phi) is 5.71. The molecule has 5 nitrogen and oxygen atoms in total. The molecular weight excluding hydrogens is 367 g/mol. The first-order chi connectivity index (χ1) is 12.9. The Morgan fingerprint density at radius 2 is 1.93 bits per heavy atom. The number of hydrogen-bond donors (Lipinski definition) is 1. The zero-order valence-corrected chi connectivity index (χ0v) is 15.4. The van der Waals surface area contributed by atoms with Gasteiger partial charge in [0.2, 0.25) is 0 Å². The third-order valence-corrected chi connectivity index (χ3v) is 4.85. The van der Waals surface area contributed by atoms with Gasteiger partial charge in [-0.3, -0.25) is 19.3 Å². The lowest BCUT2D eigenvalue weighted by molar-refractivity contribution is -0.122. The van der Waals surface area contributed by atoms with Gasteiger partial charge in [0, 0.05) is 18.7 Å². The second-order valence-corrected chi connectivity index (χ2v) is 7.00. The van der Waals surface area contributed by atoms with E-state index in [0.717, 1.165) is 22.2 Å². The summed E-state index contributed by atoms with van der Waals surface area (Å²) in [5.41, 5.74) is 2.13. The number of benzene rings is 2. The highest BCUT2D eigenvalue weighted by molar-refractivity contribution is 8.18. The van der Waals surface area contributed by atoms with Crippen molar-refractivity contribution in [3.8, 4) is 0 Å². The Hall–Kier alpha value is -2.93. The first-order valence-corrected chi connectivity index (χ1v) is 9.11. The van der Waals surface area contributed by atoms with Crippen molar-refractivity contribution in [3.05, 3.63) is 75.9 Å². The van der Waals surface area contributed by atoms with Crippen LogP contribution in [0.5, 0.6) is 0 Å².